The lowest BCUT2D eigenvalue weighted by molar-refractivity contribution is -0.117. The minimum Gasteiger partial charge on any atom is -0.503 e. The zero-order valence-electron chi connectivity index (χ0n) is 16.9. The molecule has 2 aromatic carbocycles. The number of halogens is 2. The highest BCUT2D eigenvalue weighted by Crippen LogP contribution is 2.43. The standard InChI is InChI=1S/C23H18Cl2N2O3S/c1-11-4-9-16(10-17(11)25)27-19(14-5-7-15(24)8-6-14)18(21(29)23(27)30)20(28)22-12(2)26-13(3)31-22/h4-10,19,29H,1-3H3. The zero-order valence-corrected chi connectivity index (χ0v) is 19.3. The van der Waals surface area contributed by atoms with Gasteiger partial charge in [-0.25, -0.2) is 4.98 Å². The van der Waals surface area contributed by atoms with Crippen molar-refractivity contribution in [2.45, 2.75) is 26.8 Å². The summed E-state index contributed by atoms with van der Waals surface area (Å²) in [5.74, 6) is -1.66. The number of aryl methyl sites for hydroxylation is 3. The molecule has 1 aromatic heterocycles. The minimum absolute atomic E-state index is 0.00997. The van der Waals surface area contributed by atoms with Gasteiger partial charge in [0.05, 0.1) is 27.2 Å². The van der Waals surface area contributed by atoms with Crippen LogP contribution in [0.3, 0.4) is 0 Å². The van der Waals surface area contributed by atoms with Crippen molar-refractivity contribution >= 4 is 51.9 Å². The number of amides is 1. The normalized spacial score (nSPS) is 16.4. The van der Waals surface area contributed by atoms with Crippen molar-refractivity contribution in [1.82, 2.24) is 4.98 Å². The molecule has 0 spiro atoms. The number of aromatic nitrogens is 1. The molecule has 5 nitrogen and oxygen atoms in total. The summed E-state index contributed by atoms with van der Waals surface area (Å²) in [6.45, 7) is 5.40. The number of hydrogen-bond donors (Lipinski definition) is 1. The highest BCUT2D eigenvalue weighted by atomic mass is 35.5. The Morgan fingerprint density at radius 3 is 2.35 bits per heavy atom. The van der Waals surface area contributed by atoms with Crippen LogP contribution in [0.1, 0.15) is 37.5 Å². The number of Topliss-reactive ketones (excluding diaryl/α,β-unsaturated/α-hetero) is 1. The average Bonchev–Trinajstić information content (AvgIpc) is 3.20. The molecule has 1 N–H and O–H groups in total. The van der Waals surface area contributed by atoms with Gasteiger partial charge in [-0.2, -0.15) is 0 Å². The lowest BCUT2D eigenvalue weighted by Gasteiger charge is -2.27. The SMILES string of the molecule is Cc1nc(C)c(C(=O)C2=C(O)C(=O)N(c3ccc(C)c(Cl)c3)C2c2ccc(Cl)cc2)s1. The van der Waals surface area contributed by atoms with E-state index in [0.29, 0.717) is 31.9 Å². The Hall–Kier alpha value is -2.67. The third-order valence-electron chi connectivity index (χ3n) is 5.18. The van der Waals surface area contributed by atoms with Crippen LogP contribution in [0.25, 0.3) is 0 Å². The Kier molecular flexibility index (Phi) is 5.64. The monoisotopic (exact) mass is 472 g/mol. The number of ketones is 1. The number of rotatable bonds is 4. The van der Waals surface area contributed by atoms with Crippen molar-refractivity contribution < 1.29 is 14.7 Å². The summed E-state index contributed by atoms with van der Waals surface area (Å²) in [7, 11) is 0. The summed E-state index contributed by atoms with van der Waals surface area (Å²) in [4.78, 5) is 32.8. The molecule has 1 atom stereocenters. The van der Waals surface area contributed by atoms with Crippen molar-refractivity contribution in [1.29, 1.82) is 0 Å². The molecule has 1 aliphatic rings. The Labute approximate surface area is 193 Å². The van der Waals surface area contributed by atoms with E-state index in [2.05, 4.69) is 4.98 Å². The molecule has 31 heavy (non-hydrogen) atoms. The first kappa shape index (κ1) is 21.6. The zero-order chi connectivity index (χ0) is 22.4. The van der Waals surface area contributed by atoms with E-state index in [1.54, 1.807) is 56.3 Å². The van der Waals surface area contributed by atoms with Crippen LogP contribution in [-0.4, -0.2) is 21.8 Å². The fourth-order valence-corrected chi connectivity index (χ4v) is 4.83. The van der Waals surface area contributed by atoms with Crippen LogP contribution in [0, 0.1) is 20.8 Å². The van der Waals surface area contributed by atoms with Crippen LogP contribution in [0.5, 0.6) is 0 Å². The van der Waals surface area contributed by atoms with E-state index >= 15 is 0 Å². The Morgan fingerprint density at radius 1 is 1.10 bits per heavy atom. The third kappa shape index (κ3) is 3.76. The molecule has 1 amide bonds. The second-order valence-corrected chi connectivity index (χ2v) is 9.35. The fraction of sp³-hybridized carbons (Fsp3) is 0.174. The number of hydrogen-bond acceptors (Lipinski definition) is 5. The van der Waals surface area contributed by atoms with Gasteiger partial charge < -0.3 is 5.11 Å². The largest absolute Gasteiger partial charge is 0.503 e. The molecule has 0 saturated heterocycles. The second-order valence-electron chi connectivity index (χ2n) is 7.30. The number of benzene rings is 2. The number of carbonyl (C=O) groups is 2. The lowest BCUT2D eigenvalue weighted by Crippen LogP contribution is -2.31. The molecule has 4 rings (SSSR count). The smallest absolute Gasteiger partial charge is 0.294 e. The van der Waals surface area contributed by atoms with E-state index in [4.69, 9.17) is 23.2 Å². The summed E-state index contributed by atoms with van der Waals surface area (Å²) >= 11 is 13.6. The van der Waals surface area contributed by atoms with Gasteiger partial charge in [0.1, 0.15) is 0 Å². The van der Waals surface area contributed by atoms with Crippen molar-refractivity contribution in [3.63, 3.8) is 0 Å². The van der Waals surface area contributed by atoms with E-state index in [-0.39, 0.29) is 5.57 Å². The maximum Gasteiger partial charge on any atom is 0.294 e. The molecule has 0 fully saturated rings. The molecule has 3 aromatic rings. The molecule has 1 aliphatic heterocycles. The van der Waals surface area contributed by atoms with Gasteiger partial charge in [0.25, 0.3) is 5.91 Å². The number of anilines is 1. The molecule has 158 valence electrons. The number of aliphatic hydroxyl groups is 1. The molecular weight excluding hydrogens is 455 g/mol. The molecule has 8 heteroatoms. The molecule has 0 aliphatic carbocycles. The highest BCUT2D eigenvalue weighted by molar-refractivity contribution is 7.14. The molecule has 0 radical (unpaired) electrons. The number of nitrogens with zero attached hydrogens (tertiary/aromatic N) is 2. The molecule has 0 saturated carbocycles. The average molecular weight is 473 g/mol. The summed E-state index contributed by atoms with van der Waals surface area (Å²) in [5.41, 5.74) is 2.54. The Balaban J connectivity index is 1.90. The van der Waals surface area contributed by atoms with E-state index in [9.17, 15) is 14.7 Å². The topological polar surface area (TPSA) is 70.5 Å². The van der Waals surface area contributed by atoms with Crippen LogP contribution in [-0.2, 0) is 4.79 Å². The van der Waals surface area contributed by atoms with Gasteiger partial charge in [0, 0.05) is 15.7 Å². The van der Waals surface area contributed by atoms with E-state index in [1.807, 2.05) is 6.92 Å². The number of aliphatic hydroxyl groups excluding tert-OH is 1. The van der Waals surface area contributed by atoms with E-state index in [1.165, 1.54) is 16.2 Å². The first-order valence-electron chi connectivity index (χ1n) is 9.46. The van der Waals surface area contributed by atoms with Gasteiger partial charge in [-0.3, -0.25) is 14.5 Å². The maximum atomic E-state index is 13.5. The first-order valence-corrected chi connectivity index (χ1v) is 11.0. The first-order chi connectivity index (χ1) is 14.7. The van der Waals surface area contributed by atoms with Gasteiger partial charge in [0.15, 0.2) is 5.76 Å². The second kappa shape index (κ2) is 8.11. The predicted octanol–water partition coefficient (Wildman–Crippen LogP) is 6.16. The summed E-state index contributed by atoms with van der Waals surface area (Å²) in [6, 6.07) is 11.2. The fourth-order valence-electron chi connectivity index (χ4n) is 3.66. The van der Waals surface area contributed by atoms with Gasteiger partial charge in [-0.15, -0.1) is 11.3 Å². The lowest BCUT2D eigenvalue weighted by atomic mass is 9.95. The maximum absolute atomic E-state index is 13.5. The van der Waals surface area contributed by atoms with Crippen molar-refractivity contribution in [3.05, 3.63) is 90.5 Å². The van der Waals surface area contributed by atoms with Gasteiger partial charge in [-0.05, 0) is 56.2 Å². The summed E-state index contributed by atoms with van der Waals surface area (Å²) < 4.78 is 0. The van der Waals surface area contributed by atoms with Crippen LogP contribution in [0.4, 0.5) is 5.69 Å². The van der Waals surface area contributed by atoms with Gasteiger partial charge in [-0.1, -0.05) is 41.4 Å². The summed E-state index contributed by atoms with van der Waals surface area (Å²) in [5, 5.41) is 12.6. The number of carbonyl (C=O) groups excluding carboxylic acids is 2. The minimum atomic E-state index is -0.835. The molecule has 0 bridgehead atoms. The summed E-state index contributed by atoms with van der Waals surface area (Å²) in [6.07, 6.45) is 0. The highest BCUT2D eigenvalue weighted by Gasteiger charge is 2.45. The van der Waals surface area contributed by atoms with Crippen molar-refractivity contribution in [2.24, 2.45) is 0 Å². The van der Waals surface area contributed by atoms with Crippen molar-refractivity contribution in [3.8, 4) is 0 Å². The molecule has 1 unspecified atom stereocenters. The van der Waals surface area contributed by atoms with Crippen LogP contribution < -0.4 is 4.90 Å². The Bertz CT molecular complexity index is 1250. The quantitative estimate of drug-likeness (QED) is 0.461. The van der Waals surface area contributed by atoms with Crippen LogP contribution in [0.15, 0.2) is 53.8 Å². The Morgan fingerprint density at radius 2 is 1.77 bits per heavy atom. The van der Waals surface area contributed by atoms with Crippen molar-refractivity contribution in [2.75, 3.05) is 4.90 Å². The van der Waals surface area contributed by atoms with E-state index in [0.717, 1.165) is 10.6 Å². The van der Waals surface area contributed by atoms with Gasteiger partial charge in [0.2, 0.25) is 5.78 Å². The molecular formula is C23H18Cl2N2O3S. The third-order valence-corrected chi connectivity index (χ3v) is 6.91. The number of thiazole rings is 1. The molecule has 2 heterocycles. The van der Waals surface area contributed by atoms with Crippen LogP contribution >= 0.6 is 34.5 Å². The van der Waals surface area contributed by atoms with Gasteiger partial charge >= 0.3 is 0 Å². The van der Waals surface area contributed by atoms with Crippen LogP contribution in [0.2, 0.25) is 10.0 Å². The van der Waals surface area contributed by atoms with E-state index < -0.39 is 23.5 Å². The predicted molar refractivity (Wildman–Crippen MR) is 123 cm³/mol.